The first-order chi connectivity index (χ1) is 12.4. The molecule has 2 atom stereocenters. The summed E-state index contributed by atoms with van der Waals surface area (Å²) >= 11 is 0. The smallest absolute Gasteiger partial charge is 0.322 e. The lowest BCUT2D eigenvalue weighted by Gasteiger charge is -2.34. The number of rotatable bonds is 5. The summed E-state index contributed by atoms with van der Waals surface area (Å²) in [5, 5.41) is 3.10. The van der Waals surface area contributed by atoms with Gasteiger partial charge in [0.25, 0.3) is 0 Å². The summed E-state index contributed by atoms with van der Waals surface area (Å²) < 4.78 is 5.19. The average Bonchev–Trinajstić information content (AvgIpc) is 2.61. The number of carbonyl (C=O) groups is 1. The summed E-state index contributed by atoms with van der Waals surface area (Å²) in [6, 6.07) is 7.21. The zero-order chi connectivity index (χ0) is 18.7. The number of piperidine rings is 1. The van der Waals surface area contributed by atoms with Crippen molar-refractivity contribution in [2.24, 2.45) is 11.5 Å². The maximum atomic E-state index is 11.4. The molecule has 1 aromatic carbocycles. The van der Waals surface area contributed by atoms with Crippen LogP contribution < -0.4 is 26.4 Å². The fourth-order valence-corrected chi connectivity index (χ4v) is 2.89. The molecule has 0 saturated carbocycles. The van der Waals surface area contributed by atoms with Gasteiger partial charge in [0.15, 0.2) is 5.78 Å². The van der Waals surface area contributed by atoms with E-state index in [1.54, 1.807) is 24.3 Å². The Morgan fingerprint density at radius 1 is 1.15 bits per heavy atom. The Kier molecular flexibility index (Phi) is 5.29. The molecule has 9 nitrogen and oxygen atoms in total. The standard InChI is InChI=1S/C17H23N7O2/c1-10(25)11-3-5-14(6-4-11)20-15-21-16(23-17(22-15)26-2)24-8-12(18)7-13(19)9-24/h3-6,12-13H,7-9,18-19H2,1-2H3,(H,20,21,22,23)/t12-,13+. The Balaban J connectivity index is 1.84. The molecule has 1 saturated heterocycles. The number of hydrogen-bond acceptors (Lipinski definition) is 9. The summed E-state index contributed by atoms with van der Waals surface area (Å²) in [5.74, 6) is 0.818. The number of methoxy groups -OCH3 is 1. The van der Waals surface area contributed by atoms with Gasteiger partial charge in [-0.25, -0.2) is 0 Å². The quantitative estimate of drug-likeness (QED) is 0.661. The van der Waals surface area contributed by atoms with Crippen molar-refractivity contribution in [3.63, 3.8) is 0 Å². The van der Waals surface area contributed by atoms with Gasteiger partial charge in [0.05, 0.1) is 7.11 Å². The molecular weight excluding hydrogens is 334 g/mol. The van der Waals surface area contributed by atoms with Crippen LogP contribution in [0, 0.1) is 0 Å². The van der Waals surface area contributed by atoms with Crippen LogP contribution in [0.25, 0.3) is 0 Å². The number of nitrogens with two attached hydrogens (primary N) is 2. The van der Waals surface area contributed by atoms with Crippen LogP contribution >= 0.6 is 0 Å². The van der Waals surface area contributed by atoms with E-state index in [-0.39, 0.29) is 23.9 Å². The Morgan fingerprint density at radius 3 is 2.38 bits per heavy atom. The molecule has 0 spiro atoms. The highest BCUT2D eigenvalue weighted by Gasteiger charge is 2.25. The second-order valence-corrected chi connectivity index (χ2v) is 6.37. The number of ether oxygens (including phenoxy) is 1. The fourth-order valence-electron chi connectivity index (χ4n) is 2.89. The maximum Gasteiger partial charge on any atom is 0.322 e. The van der Waals surface area contributed by atoms with Gasteiger partial charge in [-0.15, -0.1) is 0 Å². The van der Waals surface area contributed by atoms with E-state index in [2.05, 4.69) is 20.3 Å². The molecule has 0 radical (unpaired) electrons. The minimum Gasteiger partial charge on any atom is -0.467 e. The maximum absolute atomic E-state index is 11.4. The van der Waals surface area contributed by atoms with E-state index in [1.165, 1.54) is 14.0 Å². The largest absolute Gasteiger partial charge is 0.467 e. The van der Waals surface area contributed by atoms with Gasteiger partial charge in [-0.2, -0.15) is 15.0 Å². The van der Waals surface area contributed by atoms with Crippen molar-refractivity contribution >= 4 is 23.4 Å². The van der Waals surface area contributed by atoms with E-state index in [1.807, 2.05) is 4.90 Å². The second kappa shape index (κ2) is 7.63. The Hall–Kier alpha value is -2.78. The molecule has 5 N–H and O–H groups in total. The van der Waals surface area contributed by atoms with Crippen LogP contribution in [-0.4, -0.2) is 53.0 Å². The van der Waals surface area contributed by atoms with Crippen LogP contribution in [0.5, 0.6) is 6.01 Å². The lowest BCUT2D eigenvalue weighted by molar-refractivity contribution is 0.101. The number of Topliss-reactive ketones (excluding diaryl/α,β-unsaturated/α-hetero) is 1. The number of ketones is 1. The fraction of sp³-hybridized carbons (Fsp3) is 0.412. The second-order valence-electron chi connectivity index (χ2n) is 6.37. The van der Waals surface area contributed by atoms with Crippen LogP contribution in [0.4, 0.5) is 17.6 Å². The molecule has 1 fully saturated rings. The number of aromatic nitrogens is 3. The molecule has 0 bridgehead atoms. The highest BCUT2D eigenvalue weighted by atomic mass is 16.5. The molecule has 2 heterocycles. The normalized spacial score (nSPS) is 19.9. The number of benzene rings is 1. The van der Waals surface area contributed by atoms with Crippen molar-refractivity contribution in [2.45, 2.75) is 25.4 Å². The minimum absolute atomic E-state index is 0.0124. The third-order valence-corrected chi connectivity index (χ3v) is 4.13. The number of anilines is 3. The number of carbonyl (C=O) groups excluding carboxylic acids is 1. The van der Waals surface area contributed by atoms with E-state index in [0.717, 1.165) is 12.1 Å². The molecule has 0 unspecified atom stereocenters. The van der Waals surface area contributed by atoms with Gasteiger partial charge in [-0.3, -0.25) is 4.79 Å². The molecular formula is C17H23N7O2. The van der Waals surface area contributed by atoms with Crippen LogP contribution in [0.2, 0.25) is 0 Å². The number of nitrogens with zero attached hydrogens (tertiary/aromatic N) is 4. The first-order valence-corrected chi connectivity index (χ1v) is 8.39. The molecule has 0 amide bonds. The van der Waals surface area contributed by atoms with E-state index < -0.39 is 0 Å². The average molecular weight is 357 g/mol. The number of hydrogen-bond donors (Lipinski definition) is 3. The van der Waals surface area contributed by atoms with Crippen molar-refractivity contribution in [3.05, 3.63) is 29.8 Å². The predicted molar refractivity (Wildman–Crippen MR) is 98.9 cm³/mol. The highest BCUT2D eigenvalue weighted by Crippen LogP contribution is 2.21. The summed E-state index contributed by atoms with van der Waals surface area (Å²) in [6.45, 7) is 2.76. The van der Waals surface area contributed by atoms with E-state index in [9.17, 15) is 4.79 Å². The molecule has 3 rings (SSSR count). The van der Waals surface area contributed by atoms with Gasteiger partial charge in [0, 0.05) is 36.4 Å². The van der Waals surface area contributed by atoms with Gasteiger partial charge >= 0.3 is 6.01 Å². The summed E-state index contributed by atoms with van der Waals surface area (Å²) in [7, 11) is 1.50. The van der Waals surface area contributed by atoms with Crippen molar-refractivity contribution in [1.82, 2.24) is 15.0 Å². The van der Waals surface area contributed by atoms with Crippen LogP contribution in [0.15, 0.2) is 24.3 Å². The molecule has 0 aliphatic carbocycles. The molecule has 1 aliphatic heterocycles. The zero-order valence-electron chi connectivity index (χ0n) is 14.8. The van der Waals surface area contributed by atoms with E-state index in [0.29, 0.717) is 30.5 Å². The highest BCUT2D eigenvalue weighted by molar-refractivity contribution is 5.94. The van der Waals surface area contributed by atoms with E-state index >= 15 is 0 Å². The van der Waals surface area contributed by atoms with Crippen molar-refractivity contribution in [1.29, 1.82) is 0 Å². The van der Waals surface area contributed by atoms with Gasteiger partial charge in [0.2, 0.25) is 11.9 Å². The van der Waals surface area contributed by atoms with Crippen LogP contribution in [0.3, 0.4) is 0 Å². The minimum atomic E-state index is -0.0305. The van der Waals surface area contributed by atoms with Gasteiger partial charge in [-0.05, 0) is 37.6 Å². The molecule has 1 aliphatic rings. The predicted octanol–water partition coefficient (Wildman–Crippen LogP) is 0.691. The Bertz CT molecular complexity index is 771. The van der Waals surface area contributed by atoms with E-state index in [4.69, 9.17) is 16.2 Å². The zero-order valence-corrected chi connectivity index (χ0v) is 14.8. The van der Waals surface area contributed by atoms with Gasteiger partial charge < -0.3 is 26.4 Å². The monoisotopic (exact) mass is 357 g/mol. The molecule has 138 valence electrons. The first kappa shape index (κ1) is 18.0. The summed E-state index contributed by atoms with van der Waals surface area (Å²) in [4.78, 5) is 26.3. The molecule has 2 aromatic rings. The van der Waals surface area contributed by atoms with Crippen LogP contribution in [-0.2, 0) is 0 Å². The van der Waals surface area contributed by atoms with Crippen molar-refractivity contribution in [2.75, 3.05) is 30.4 Å². The van der Waals surface area contributed by atoms with Gasteiger partial charge in [-0.1, -0.05) is 0 Å². The van der Waals surface area contributed by atoms with Crippen molar-refractivity contribution in [3.8, 4) is 6.01 Å². The molecule has 1 aromatic heterocycles. The van der Waals surface area contributed by atoms with Crippen molar-refractivity contribution < 1.29 is 9.53 Å². The summed E-state index contributed by atoms with van der Waals surface area (Å²) in [5.41, 5.74) is 13.5. The van der Waals surface area contributed by atoms with Crippen LogP contribution in [0.1, 0.15) is 23.7 Å². The lowest BCUT2D eigenvalue weighted by atomic mass is 10.0. The Morgan fingerprint density at radius 2 is 1.81 bits per heavy atom. The van der Waals surface area contributed by atoms with Gasteiger partial charge in [0.1, 0.15) is 0 Å². The topological polar surface area (TPSA) is 132 Å². The SMILES string of the molecule is COc1nc(Nc2ccc(C(C)=O)cc2)nc(N2C[C@H](N)C[C@H](N)C2)n1. The number of nitrogens with one attached hydrogen (secondary N) is 1. The molecule has 9 heteroatoms. The summed E-state index contributed by atoms with van der Waals surface area (Å²) in [6.07, 6.45) is 0.770. The first-order valence-electron chi connectivity index (χ1n) is 8.39. The lowest BCUT2D eigenvalue weighted by Crippen LogP contribution is -2.52. The third-order valence-electron chi connectivity index (χ3n) is 4.13. The molecule has 26 heavy (non-hydrogen) atoms. The Labute approximate surface area is 151 Å². The third kappa shape index (κ3) is 4.24.